The molecule has 1 amide bonds. The molecule has 3 rings (SSSR count). The van der Waals surface area contributed by atoms with Gasteiger partial charge in [0.2, 0.25) is 5.91 Å². The van der Waals surface area contributed by atoms with Crippen molar-refractivity contribution in [3.05, 3.63) is 29.8 Å². The highest BCUT2D eigenvalue weighted by molar-refractivity contribution is 5.77. The molecule has 0 atom stereocenters. The monoisotopic (exact) mass is 275 g/mol. The van der Waals surface area contributed by atoms with E-state index in [2.05, 4.69) is 0 Å². The fourth-order valence-electron chi connectivity index (χ4n) is 2.79. The van der Waals surface area contributed by atoms with Gasteiger partial charge in [0.15, 0.2) is 0 Å². The average Bonchev–Trinajstić information content (AvgIpc) is 3.19. The van der Waals surface area contributed by atoms with Gasteiger partial charge in [-0.2, -0.15) is 0 Å². The van der Waals surface area contributed by atoms with Crippen molar-refractivity contribution in [3.8, 4) is 5.75 Å². The molecule has 1 saturated carbocycles. The highest BCUT2D eigenvalue weighted by Gasteiger charge is 2.52. The van der Waals surface area contributed by atoms with Crippen molar-refractivity contribution in [3.63, 3.8) is 0 Å². The molecule has 108 valence electrons. The first kappa shape index (κ1) is 13.4. The molecule has 0 aromatic heterocycles. The number of benzene rings is 1. The van der Waals surface area contributed by atoms with Crippen LogP contribution in [0.5, 0.6) is 5.75 Å². The van der Waals surface area contributed by atoms with E-state index in [1.54, 1.807) is 4.90 Å². The number of hydrogen-bond donors (Lipinski definition) is 1. The maximum absolute atomic E-state index is 11.9. The van der Waals surface area contributed by atoms with Crippen LogP contribution in [-0.4, -0.2) is 41.2 Å². The molecule has 1 aromatic carbocycles. The number of aliphatic hydroxyl groups is 1. The van der Waals surface area contributed by atoms with Gasteiger partial charge in [0.05, 0.1) is 26.1 Å². The number of carbonyl (C=O) groups is 1. The number of nitrogens with zero attached hydrogens (tertiary/aromatic N) is 1. The van der Waals surface area contributed by atoms with Gasteiger partial charge in [-0.3, -0.25) is 4.79 Å². The number of aryl methyl sites for hydroxylation is 1. The molecule has 0 radical (unpaired) electrons. The third-order valence-electron chi connectivity index (χ3n) is 4.19. The van der Waals surface area contributed by atoms with Crippen LogP contribution < -0.4 is 4.74 Å². The van der Waals surface area contributed by atoms with Crippen LogP contribution in [0.1, 0.15) is 24.8 Å². The van der Waals surface area contributed by atoms with E-state index < -0.39 is 5.60 Å². The van der Waals surface area contributed by atoms with Gasteiger partial charge < -0.3 is 14.7 Å². The summed E-state index contributed by atoms with van der Waals surface area (Å²) in [5.41, 5.74) is 0.554. The molecule has 0 bridgehead atoms. The summed E-state index contributed by atoms with van der Waals surface area (Å²) in [4.78, 5) is 13.7. The number of hydrogen-bond acceptors (Lipinski definition) is 3. The van der Waals surface area contributed by atoms with Crippen LogP contribution in [0.4, 0.5) is 0 Å². The normalized spacial score (nSPS) is 20.4. The minimum absolute atomic E-state index is 0.0722. The number of β-amino-alcohol motifs (C(OH)–C–C–N with tert-alkyl or cyclic N) is 1. The second kappa shape index (κ2) is 5.09. The lowest BCUT2D eigenvalue weighted by molar-refractivity contribution is -0.159. The summed E-state index contributed by atoms with van der Waals surface area (Å²) in [6.45, 7) is 3.40. The summed E-state index contributed by atoms with van der Waals surface area (Å²) in [7, 11) is 0. The Kier molecular flexibility index (Phi) is 3.42. The van der Waals surface area contributed by atoms with E-state index in [9.17, 15) is 9.90 Å². The summed E-state index contributed by atoms with van der Waals surface area (Å²) in [5.74, 6) is 1.30. The lowest BCUT2D eigenvalue weighted by Gasteiger charge is -2.47. The fraction of sp³-hybridized carbons (Fsp3) is 0.562. The zero-order valence-electron chi connectivity index (χ0n) is 11.8. The van der Waals surface area contributed by atoms with Crippen LogP contribution in [0.3, 0.4) is 0 Å². The second-order valence-corrected chi connectivity index (χ2v) is 6.04. The van der Waals surface area contributed by atoms with Crippen LogP contribution in [0.2, 0.25) is 0 Å². The van der Waals surface area contributed by atoms with Crippen molar-refractivity contribution in [1.29, 1.82) is 0 Å². The Morgan fingerprint density at radius 3 is 2.85 bits per heavy atom. The van der Waals surface area contributed by atoms with E-state index in [0.717, 1.165) is 24.2 Å². The highest BCUT2D eigenvalue weighted by atomic mass is 16.5. The molecular formula is C16H21NO3. The van der Waals surface area contributed by atoms with Gasteiger partial charge in [-0.25, -0.2) is 0 Å². The number of carbonyl (C=O) groups excluding carboxylic acids is 1. The molecule has 1 aromatic rings. The molecule has 0 unspecified atom stereocenters. The van der Waals surface area contributed by atoms with Crippen molar-refractivity contribution in [2.24, 2.45) is 5.92 Å². The third kappa shape index (κ3) is 2.80. The predicted molar refractivity (Wildman–Crippen MR) is 75.5 cm³/mol. The van der Waals surface area contributed by atoms with Crippen molar-refractivity contribution < 1.29 is 14.6 Å². The Morgan fingerprint density at radius 2 is 2.20 bits per heavy atom. The minimum atomic E-state index is -0.590. The van der Waals surface area contributed by atoms with Gasteiger partial charge in [0.1, 0.15) is 11.4 Å². The number of likely N-dealkylation sites (tertiary alicyclic amines) is 1. The van der Waals surface area contributed by atoms with Crippen LogP contribution in [0, 0.1) is 12.8 Å². The molecule has 0 spiro atoms. The first-order valence-corrected chi connectivity index (χ1v) is 7.26. The summed E-state index contributed by atoms with van der Waals surface area (Å²) < 4.78 is 5.58. The summed E-state index contributed by atoms with van der Waals surface area (Å²) in [6.07, 6.45) is 2.58. The largest absolute Gasteiger partial charge is 0.493 e. The van der Waals surface area contributed by atoms with E-state index in [4.69, 9.17) is 4.74 Å². The van der Waals surface area contributed by atoms with Crippen molar-refractivity contribution in [2.75, 3.05) is 19.7 Å². The molecule has 1 heterocycles. The first-order chi connectivity index (χ1) is 9.57. The van der Waals surface area contributed by atoms with E-state index >= 15 is 0 Å². The third-order valence-corrected chi connectivity index (χ3v) is 4.19. The Balaban J connectivity index is 1.40. The van der Waals surface area contributed by atoms with Gasteiger partial charge in [-0.05, 0) is 43.4 Å². The Bertz CT molecular complexity index is 504. The zero-order chi connectivity index (χ0) is 14.2. The smallest absolute Gasteiger partial charge is 0.226 e. The fourth-order valence-corrected chi connectivity index (χ4v) is 2.79. The zero-order valence-corrected chi connectivity index (χ0v) is 11.8. The summed E-state index contributed by atoms with van der Waals surface area (Å²) in [6, 6.07) is 7.81. The van der Waals surface area contributed by atoms with E-state index in [0.29, 0.717) is 32.0 Å². The molecule has 1 aliphatic heterocycles. The number of ether oxygens (including phenoxy) is 1. The topological polar surface area (TPSA) is 49.8 Å². The standard InChI is InChI=1S/C16H21NO3/c1-12-3-2-4-14(9-12)20-8-7-15(18)17-10-16(19,11-17)13-5-6-13/h2-4,9,13,19H,5-8,10-11H2,1H3. The SMILES string of the molecule is Cc1cccc(OCCC(=O)N2CC(O)(C3CC3)C2)c1. The van der Waals surface area contributed by atoms with Crippen LogP contribution in [-0.2, 0) is 4.79 Å². The molecule has 20 heavy (non-hydrogen) atoms. The maximum atomic E-state index is 11.9. The molecule has 1 aliphatic carbocycles. The number of amides is 1. The molecule has 2 fully saturated rings. The minimum Gasteiger partial charge on any atom is -0.493 e. The average molecular weight is 275 g/mol. The van der Waals surface area contributed by atoms with Crippen molar-refractivity contribution >= 4 is 5.91 Å². The molecule has 1 saturated heterocycles. The lowest BCUT2D eigenvalue weighted by atomic mass is 9.88. The predicted octanol–water partition coefficient (Wildman–Crippen LogP) is 1.75. The van der Waals surface area contributed by atoms with E-state index in [-0.39, 0.29) is 5.91 Å². The maximum Gasteiger partial charge on any atom is 0.226 e. The van der Waals surface area contributed by atoms with Crippen molar-refractivity contribution in [2.45, 2.75) is 31.8 Å². The van der Waals surface area contributed by atoms with Gasteiger partial charge in [-0.15, -0.1) is 0 Å². The van der Waals surface area contributed by atoms with Gasteiger partial charge in [0.25, 0.3) is 0 Å². The van der Waals surface area contributed by atoms with Gasteiger partial charge in [-0.1, -0.05) is 12.1 Å². The molecular weight excluding hydrogens is 254 g/mol. The number of rotatable bonds is 5. The van der Waals surface area contributed by atoms with Crippen molar-refractivity contribution in [1.82, 2.24) is 4.90 Å². The van der Waals surface area contributed by atoms with Crippen LogP contribution in [0.15, 0.2) is 24.3 Å². The summed E-state index contributed by atoms with van der Waals surface area (Å²) >= 11 is 0. The van der Waals surface area contributed by atoms with Gasteiger partial charge in [0, 0.05) is 0 Å². The Hall–Kier alpha value is -1.55. The van der Waals surface area contributed by atoms with E-state index in [1.165, 1.54) is 0 Å². The molecule has 4 heteroatoms. The Labute approximate surface area is 119 Å². The molecule has 1 N–H and O–H groups in total. The first-order valence-electron chi connectivity index (χ1n) is 7.26. The van der Waals surface area contributed by atoms with Gasteiger partial charge >= 0.3 is 0 Å². The molecule has 2 aliphatic rings. The second-order valence-electron chi connectivity index (χ2n) is 6.04. The van der Waals surface area contributed by atoms with Crippen LogP contribution >= 0.6 is 0 Å². The lowest BCUT2D eigenvalue weighted by Crippen LogP contribution is -2.64. The molecule has 4 nitrogen and oxygen atoms in total. The highest BCUT2D eigenvalue weighted by Crippen LogP contribution is 2.44. The quantitative estimate of drug-likeness (QED) is 0.890. The van der Waals surface area contributed by atoms with E-state index in [1.807, 2.05) is 31.2 Å². The summed E-state index contributed by atoms with van der Waals surface area (Å²) in [5, 5.41) is 10.2. The Morgan fingerprint density at radius 1 is 1.45 bits per heavy atom. The van der Waals surface area contributed by atoms with Crippen LogP contribution in [0.25, 0.3) is 0 Å².